The molecule has 1 heterocycles. The van der Waals surface area contributed by atoms with Gasteiger partial charge in [0.25, 0.3) is 0 Å². The van der Waals surface area contributed by atoms with Gasteiger partial charge in [0.05, 0.1) is 11.9 Å². The quantitative estimate of drug-likeness (QED) is 0.898. The normalized spacial score (nSPS) is 18.6. The molecule has 0 spiro atoms. The maximum atomic E-state index is 9.14. The molecule has 0 saturated carbocycles. The van der Waals surface area contributed by atoms with Crippen LogP contribution in [0.15, 0.2) is 36.5 Å². The first-order chi connectivity index (χ1) is 8.90. The Morgan fingerprint density at radius 2 is 2.11 bits per heavy atom. The smallest absolute Gasteiger partial charge is 0.0648 e. The lowest BCUT2D eigenvalue weighted by atomic mass is 9.85. The third kappa shape index (κ3) is 1.95. The molecule has 2 aromatic rings. The van der Waals surface area contributed by atoms with E-state index in [4.69, 9.17) is 5.11 Å². The van der Waals surface area contributed by atoms with Gasteiger partial charge in [0, 0.05) is 12.3 Å². The minimum atomic E-state index is 0.265. The van der Waals surface area contributed by atoms with E-state index in [1.54, 1.807) is 0 Å². The first-order valence-electron chi connectivity index (χ1n) is 6.63. The fraction of sp³-hybridized carbons (Fsp3) is 0.400. The fourth-order valence-electron chi connectivity index (χ4n) is 2.90. The minimum Gasteiger partial charge on any atom is -0.396 e. The van der Waals surface area contributed by atoms with Crippen LogP contribution >= 0.6 is 0 Å². The Balaban J connectivity index is 2.00. The van der Waals surface area contributed by atoms with Gasteiger partial charge in [0.2, 0.25) is 0 Å². The Labute approximate surface area is 107 Å². The van der Waals surface area contributed by atoms with Crippen molar-refractivity contribution in [3.8, 4) is 5.69 Å². The van der Waals surface area contributed by atoms with Crippen LogP contribution in [0.2, 0.25) is 0 Å². The van der Waals surface area contributed by atoms with E-state index in [-0.39, 0.29) is 6.61 Å². The predicted octanol–water partition coefficient (Wildman–Crippen LogP) is 2.67. The second kappa shape index (κ2) is 4.94. The number of aliphatic hydroxyl groups excluding tert-OH is 1. The molecule has 1 aliphatic rings. The average Bonchev–Trinajstić information content (AvgIpc) is 2.85. The van der Waals surface area contributed by atoms with Gasteiger partial charge in [0.1, 0.15) is 0 Å². The Bertz CT molecular complexity index is 519. The molecule has 0 amide bonds. The first-order valence-corrected chi connectivity index (χ1v) is 6.63. The number of fused-ring (bicyclic) bond motifs is 1. The van der Waals surface area contributed by atoms with Gasteiger partial charge >= 0.3 is 0 Å². The third-order valence-corrected chi connectivity index (χ3v) is 3.79. The van der Waals surface area contributed by atoms with Crippen molar-refractivity contribution in [2.75, 3.05) is 6.61 Å². The molecule has 3 heteroatoms. The van der Waals surface area contributed by atoms with Gasteiger partial charge in [-0.05, 0) is 49.3 Å². The van der Waals surface area contributed by atoms with Crippen LogP contribution in [0.25, 0.3) is 5.69 Å². The van der Waals surface area contributed by atoms with Crippen LogP contribution in [0.5, 0.6) is 0 Å². The van der Waals surface area contributed by atoms with E-state index in [9.17, 15) is 0 Å². The molecule has 1 aromatic heterocycles. The molecule has 18 heavy (non-hydrogen) atoms. The van der Waals surface area contributed by atoms with Crippen molar-refractivity contribution in [2.45, 2.75) is 31.6 Å². The Kier molecular flexibility index (Phi) is 3.15. The van der Waals surface area contributed by atoms with Crippen LogP contribution in [0.3, 0.4) is 0 Å². The number of aromatic nitrogens is 2. The summed E-state index contributed by atoms with van der Waals surface area (Å²) >= 11 is 0. The van der Waals surface area contributed by atoms with E-state index < -0.39 is 0 Å². The summed E-state index contributed by atoms with van der Waals surface area (Å²) in [5, 5.41) is 13.7. The van der Waals surface area contributed by atoms with E-state index in [0.717, 1.165) is 18.5 Å². The third-order valence-electron chi connectivity index (χ3n) is 3.79. The zero-order valence-electron chi connectivity index (χ0n) is 10.4. The second-order valence-corrected chi connectivity index (χ2v) is 4.90. The summed E-state index contributed by atoms with van der Waals surface area (Å²) in [6, 6.07) is 10.3. The van der Waals surface area contributed by atoms with Gasteiger partial charge in [0.15, 0.2) is 0 Å². The number of para-hydroxylation sites is 1. The highest BCUT2D eigenvalue weighted by molar-refractivity contribution is 5.37. The Morgan fingerprint density at radius 3 is 2.89 bits per heavy atom. The molecule has 0 fully saturated rings. The lowest BCUT2D eigenvalue weighted by Gasteiger charge is -2.22. The molecular weight excluding hydrogens is 224 g/mol. The monoisotopic (exact) mass is 242 g/mol. The van der Waals surface area contributed by atoms with Crippen molar-refractivity contribution in [3.05, 3.63) is 47.8 Å². The Morgan fingerprint density at radius 1 is 1.28 bits per heavy atom. The number of hydrogen-bond acceptors (Lipinski definition) is 2. The van der Waals surface area contributed by atoms with Crippen LogP contribution in [0.4, 0.5) is 0 Å². The van der Waals surface area contributed by atoms with Crippen LogP contribution in [0, 0.1) is 0 Å². The average molecular weight is 242 g/mol. The summed E-state index contributed by atoms with van der Waals surface area (Å²) in [5.74, 6) is 0.483. The Hall–Kier alpha value is -1.61. The van der Waals surface area contributed by atoms with Crippen LogP contribution in [-0.4, -0.2) is 21.5 Å². The lowest BCUT2D eigenvalue weighted by Crippen LogP contribution is -2.13. The molecule has 0 saturated heterocycles. The summed E-state index contributed by atoms with van der Waals surface area (Å²) in [7, 11) is 0. The van der Waals surface area contributed by atoms with E-state index in [0.29, 0.717) is 5.92 Å². The van der Waals surface area contributed by atoms with Gasteiger partial charge in [-0.25, -0.2) is 4.68 Å². The molecule has 1 aromatic carbocycles. The maximum absolute atomic E-state index is 9.14. The summed E-state index contributed by atoms with van der Waals surface area (Å²) in [6.07, 6.45) is 6.30. The second-order valence-electron chi connectivity index (χ2n) is 4.90. The van der Waals surface area contributed by atoms with Gasteiger partial charge in [-0.2, -0.15) is 5.10 Å². The molecule has 3 nitrogen and oxygen atoms in total. The molecule has 1 aliphatic carbocycles. The van der Waals surface area contributed by atoms with E-state index in [1.807, 2.05) is 24.4 Å². The number of hydrogen-bond donors (Lipinski definition) is 1. The summed E-state index contributed by atoms with van der Waals surface area (Å²) in [5.41, 5.74) is 3.79. The standard InChI is InChI=1S/C15H18N2O/c18-10-9-12-5-4-8-15-14(12)11-16-17(15)13-6-2-1-3-7-13/h1-3,6-7,11-12,18H,4-5,8-10H2/t12-/m1/s1. The highest BCUT2D eigenvalue weighted by atomic mass is 16.3. The van der Waals surface area contributed by atoms with Crippen molar-refractivity contribution in [3.63, 3.8) is 0 Å². The molecule has 0 bridgehead atoms. The highest BCUT2D eigenvalue weighted by Crippen LogP contribution is 2.34. The zero-order valence-corrected chi connectivity index (χ0v) is 10.4. The van der Waals surface area contributed by atoms with E-state index in [2.05, 4.69) is 21.9 Å². The molecule has 1 N–H and O–H groups in total. The van der Waals surface area contributed by atoms with Crippen LogP contribution in [0.1, 0.15) is 36.4 Å². The summed E-state index contributed by atoms with van der Waals surface area (Å²) in [4.78, 5) is 0. The van der Waals surface area contributed by atoms with E-state index >= 15 is 0 Å². The molecule has 3 rings (SSSR count). The maximum Gasteiger partial charge on any atom is 0.0648 e. The van der Waals surface area contributed by atoms with E-state index in [1.165, 1.54) is 24.1 Å². The van der Waals surface area contributed by atoms with Crippen molar-refractivity contribution in [2.24, 2.45) is 0 Å². The van der Waals surface area contributed by atoms with Crippen LogP contribution in [-0.2, 0) is 6.42 Å². The van der Waals surface area contributed by atoms with Crippen molar-refractivity contribution >= 4 is 0 Å². The zero-order chi connectivity index (χ0) is 12.4. The molecule has 0 unspecified atom stereocenters. The molecule has 0 radical (unpaired) electrons. The largest absolute Gasteiger partial charge is 0.396 e. The number of nitrogens with zero attached hydrogens (tertiary/aromatic N) is 2. The first kappa shape index (κ1) is 11.5. The number of rotatable bonds is 3. The fourth-order valence-corrected chi connectivity index (χ4v) is 2.90. The molecule has 0 aliphatic heterocycles. The van der Waals surface area contributed by atoms with Crippen molar-refractivity contribution in [1.82, 2.24) is 9.78 Å². The lowest BCUT2D eigenvalue weighted by molar-refractivity contribution is 0.269. The van der Waals surface area contributed by atoms with Crippen LogP contribution < -0.4 is 0 Å². The number of benzene rings is 1. The van der Waals surface area contributed by atoms with Gasteiger partial charge in [-0.15, -0.1) is 0 Å². The molecule has 94 valence electrons. The summed E-state index contributed by atoms with van der Waals surface area (Å²) < 4.78 is 2.05. The van der Waals surface area contributed by atoms with Crippen molar-refractivity contribution in [1.29, 1.82) is 0 Å². The summed E-state index contributed by atoms with van der Waals surface area (Å²) in [6.45, 7) is 0.265. The molecule has 1 atom stereocenters. The minimum absolute atomic E-state index is 0.265. The topological polar surface area (TPSA) is 38.1 Å². The van der Waals surface area contributed by atoms with Gasteiger partial charge in [-0.3, -0.25) is 0 Å². The predicted molar refractivity (Wildman–Crippen MR) is 70.9 cm³/mol. The van der Waals surface area contributed by atoms with Crippen molar-refractivity contribution < 1.29 is 5.11 Å². The SMILES string of the molecule is OCC[C@H]1CCCc2c1cnn2-c1ccccc1. The number of aliphatic hydroxyl groups is 1. The highest BCUT2D eigenvalue weighted by Gasteiger charge is 2.24. The van der Waals surface area contributed by atoms with Gasteiger partial charge in [-0.1, -0.05) is 18.2 Å². The van der Waals surface area contributed by atoms with Gasteiger partial charge < -0.3 is 5.11 Å². The molecular formula is C15H18N2O.